The van der Waals surface area contributed by atoms with Crippen LogP contribution in [0.4, 0.5) is 0 Å². The molecule has 0 spiro atoms. The van der Waals surface area contributed by atoms with Gasteiger partial charge in [-0.15, -0.1) is 0 Å². The van der Waals surface area contributed by atoms with Gasteiger partial charge >= 0.3 is 0 Å². The van der Waals surface area contributed by atoms with Crippen molar-refractivity contribution in [2.45, 2.75) is 38.4 Å². The Morgan fingerprint density at radius 2 is 1.80 bits per heavy atom. The summed E-state index contributed by atoms with van der Waals surface area (Å²) in [6, 6.07) is 14.7. The van der Waals surface area contributed by atoms with Crippen molar-refractivity contribution >= 4 is 15.9 Å². The summed E-state index contributed by atoms with van der Waals surface area (Å²) in [5, 5.41) is 0.873. The molecule has 0 saturated carbocycles. The predicted octanol–water partition coefficient (Wildman–Crippen LogP) is 6.20. The van der Waals surface area contributed by atoms with Gasteiger partial charge in [-0.3, -0.25) is 0 Å². The summed E-state index contributed by atoms with van der Waals surface area (Å²) in [5.74, 6) is 2.42. The molecule has 0 heterocycles. The Balaban J connectivity index is 2.14. The minimum atomic E-state index is 0.601. The van der Waals surface area contributed by atoms with Crippen molar-refractivity contribution in [2.24, 2.45) is 0 Å². The Morgan fingerprint density at radius 3 is 2.35 bits per heavy atom. The summed E-state index contributed by atoms with van der Waals surface area (Å²) < 4.78 is 5.96. The van der Waals surface area contributed by atoms with Crippen LogP contribution in [0.1, 0.15) is 42.9 Å². The fraction of sp³-hybridized carbons (Fsp3) is 0.333. The molecule has 20 heavy (non-hydrogen) atoms. The molecule has 0 aliphatic carbocycles. The minimum Gasteiger partial charge on any atom is -0.457 e. The normalized spacial score (nSPS) is 12.2. The highest BCUT2D eigenvalue weighted by atomic mass is 79.9. The molecule has 0 amide bonds. The molecule has 106 valence electrons. The molecule has 1 nitrogen and oxygen atoms in total. The van der Waals surface area contributed by atoms with Crippen molar-refractivity contribution in [2.75, 3.05) is 0 Å². The van der Waals surface area contributed by atoms with Crippen molar-refractivity contribution in [3.63, 3.8) is 0 Å². The summed E-state index contributed by atoms with van der Waals surface area (Å²) in [7, 11) is 0. The Hall–Kier alpha value is -1.28. The van der Waals surface area contributed by atoms with E-state index in [1.54, 1.807) is 0 Å². The molecule has 1 atom stereocenters. The van der Waals surface area contributed by atoms with Crippen molar-refractivity contribution in [3.8, 4) is 11.5 Å². The maximum absolute atomic E-state index is 5.96. The summed E-state index contributed by atoms with van der Waals surface area (Å²) in [5.41, 5.74) is 3.79. The van der Waals surface area contributed by atoms with E-state index in [0.717, 1.165) is 28.8 Å². The van der Waals surface area contributed by atoms with Crippen LogP contribution in [0, 0.1) is 6.92 Å². The molecule has 0 bridgehead atoms. The second-order valence-corrected chi connectivity index (χ2v) is 5.77. The highest BCUT2D eigenvalue weighted by Gasteiger charge is 2.05. The van der Waals surface area contributed by atoms with E-state index in [-0.39, 0.29) is 0 Å². The van der Waals surface area contributed by atoms with Gasteiger partial charge in [-0.2, -0.15) is 0 Å². The first kappa shape index (κ1) is 15.1. The lowest BCUT2D eigenvalue weighted by atomic mass is 9.99. The molecule has 2 aromatic carbocycles. The van der Waals surface area contributed by atoms with Gasteiger partial charge in [-0.05, 0) is 54.2 Å². The van der Waals surface area contributed by atoms with Gasteiger partial charge in [0.2, 0.25) is 0 Å². The number of alkyl halides is 1. The summed E-state index contributed by atoms with van der Waals surface area (Å²) in [6.07, 6.45) is 1.16. The standard InChI is InChI=1S/C18H21BrO/c1-4-13(2)16-6-8-17(9-7-16)20-18-10-5-15(12-19)11-14(18)3/h5-11,13H,4,12H2,1-3H3. The lowest BCUT2D eigenvalue weighted by molar-refractivity contribution is 0.478. The molecule has 1 unspecified atom stereocenters. The van der Waals surface area contributed by atoms with Gasteiger partial charge in [-0.1, -0.05) is 54.0 Å². The lowest BCUT2D eigenvalue weighted by Crippen LogP contribution is -1.92. The third-order valence-corrected chi connectivity index (χ3v) is 4.33. The van der Waals surface area contributed by atoms with E-state index < -0.39 is 0 Å². The van der Waals surface area contributed by atoms with Crippen LogP contribution in [-0.2, 0) is 5.33 Å². The molecule has 0 aliphatic heterocycles. The first-order chi connectivity index (χ1) is 9.63. The molecule has 0 saturated heterocycles. The number of aryl methyl sites for hydroxylation is 1. The topological polar surface area (TPSA) is 9.23 Å². The fourth-order valence-corrected chi connectivity index (χ4v) is 2.48. The predicted molar refractivity (Wildman–Crippen MR) is 89.0 cm³/mol. The number of halogens is 1. The fourth-order valence-electron chi connectivity index (χ4n) is 2.14. The molecule has 0 aromatic heterocycles. The third kappa shape index (κ3) is 3.63. The van der Waals surface area contributed by atoms with E-state index in [1.807, 2.05) is 6.07 Å². The van der Waals surface area contributed by atoms with Gasteiger partial charge < -0.3 is 4.74 Å². The van der Waals surface area contributed by atoms with Crippen molar-refractivity contribution in [1.82, 2.24) is 0 Å². The van der Waals surface area contributed by atoms with Gasteiger partial charge in [-0.25, -0.2) is 0 Å². The SMILES string of the molecule is CCC(C)c1ccc(Oc2ccc(CBr)cc2C)cc1. The number of rotatable bonds is 5. The van der Waals surface area contributed by atoms with Crippen molar-refractivity contribution in [3.05, 3.63) is 59.2 Å². The van der Waals surface area contributed by atoms with Crippen molar-refractivity contribution in [1.29, 1.82) is 0 Å². The molecule has 0 aliphatic rings. The van der Waals surface area contributed by atoms with Gasteiger partial charge in [0.25, 0.3) is 0 Å². The average molecular weight is 333 g/mol. The van der Waals surface area contributed by atoms with E-state index in [2.05, 4.69) is 73.1 Å². The van der Waals surface area contributed by atoms with Crippen LogP contribution >= 0.6 is 15.9 Å². The Morgan fingerprint density at radius 1 is 1.10 bits per heavy atom. The number of benzene rings is 2. The van der Waals surface area contributed by atoms with Crippen LogP contribution in [0.5, 0.6) is 11.5 Å². The second kappa shape index (κ2) is 6.94. The smallest absolute Gasteiger partial charge is 0.130 e. The van der Waals surface area contributed by atoms with Crippen LogP contribution in [0.15, 0.2) is 42.5 Å². The first-order valence-corrected chi connectivity index (χ1v) is 8.19. The molecule has 2 aromatic rings. The average Bonchev–Trinajstić information content (AvgIpc) is 2.49. The molecule has 2 heteroatoms. The van der Waals surface area contributed by atoms with Crippen LogP contribution in [0.2, 0.25) is 0 Å². The Bertz CT molecular complexity index is 560. The molecule has 0 N–H and O–H groups in total. The first-order valence-electron chi connectivity index (χ1n) is 7.07. The Labute approximate surface area is 130 Å². The maximum atomic E-state index is 5.96. The summed E-state index contributed by atoms with van der Waals surface area (Å²) in [6.45, 7) is 6.54. The van der Waals surface area contributed by atoms with Crippen LogP contribution in [0.25, 0.3) is 0 Å². The van der Waals surface area contributed by atoms with Crippen LogP contribution in [-0.4, -0.2) is 0 Å². The monoisotopic (exact) mass is 332 g/mol. The van der Waals surface area contributed by atoms with E-state index in [9.17, 15) is 0 Å². The highest BCUT2D eigenvalue weighted by molar-refractivity contribution is 9.08. The van der Waals surface area contributed by atoms with Crippen molar-refractivity contribution < 1.29 is 4.74 Å². The zero-order valence-corrected chi connectivity index (χ0v) is 13.9. The van der Waals surface area contributed by atoms with Crippen LogP contribution in [0.3, 0.4) is 0 Å². The van der Waals surface area contributed by atoms with Crippen LogP contribution < -0.4 is 4.74 Å². The molecule has 0 radical (unpaired) electrons. The maximum Gasteiger partial charge on any atom is 0.130 e. The molecular formula is C18H21BrO. The highest BCUT2D eigenvalue weighted by Crippen LogP contribution is 2.28. The third-order valence-electron chi connectivity index (χ3n) is 3.68. The van der Waals surface area contributed by atoms with E-state index in [1.165, 1.54) is 11.1 Å². The lowest BCUT2D eigenvalue weighted by Gasteiger charge is -2.12. The van der Waals surface area contributed by atoms with E-state index in [4.69, 9.17) is 4.74 Å². The number of ether oxygens (including phenoxy) is 1. The molecular weight excluding hydrogens is 312 g/mol. The quantitative estimate of drug-likeness (QED) is 0.592. The number of hydrogen-bond donors (Lipinski definition) is 0. The largest absolute Gasteiger partial charge is 0.457 e. The summed E-state index contributed by atoms with van der Waals surface area (Å²) >= 11 is 3.47. The zero-order chi connectivity index (χ0) is 14.5. The van der Waals surface area contributed by atoms with Gasteiger partial charge in [0, 0.05) is 5.33 Å². The van der Waals surface area contributed by atoms with E-state index in [0.29, 0.717) is 5.92 Å². The zero-order valence-electron chi connectivity index (χ0n) is 12.3. The van der Waals surface area contributed by atoms with Gasteiger partial charge in [0.1, 0.15) is 11.5 Å². The second-order valence-electron chi connectivity index (χ2n) is 5.21. The van der Waals surface area contributed by atoms with Gasteiger partial charge in [0.15, 0.2) is 0 Å². The van der Waals surface area contributed by atoms with Gasteiger partial charge in [0.05, 0.1) is 0 Å². The molecule has 2 rings (SSSR count). The number of hydrogen-bond acceptors (Lipinski definition) is 1. The molecule has 0 fully saturated rings. The minimum absolute atomic E-state index is 0.601. The summed E-state index contributed by atoms with van der Waals surface area (Å²) in [4.78, 5) is 0. The Kier molecular flexibility index (Phi) is 5.24. The van der Waals surface area contributed by atoms with E-state index >= 15 is 0 Å².